The molecule has 0 fully saturated rings. The van der Waals surface area contributed by atoms with E-state index in [-0.39, 0.29) is 11.3 Å². The van der Waals surface area contributed by atoms with Gasteiger partial charge in [0.05, 0.1) is 11.1 Å². The van der Waals surface area contributed by atoms with Crippen LogP contribution in [0.4, 0.5) is 0 Å². The molecule has 200 valence electrons. The summed E-state index contributed by atoms with van der Waals surface area (Å²) in [6.07, 6.45) is 1.64. The van der Waals surface area contributed by atoms with Gasteiger partial charge in [-0.15, -0.1) is 0 Å². The number of hydrogen-bond acceptors (Lipinski definition) is 5. The molecule has 0 spiro atoms. The molecule has 1 atom stereocenters. The summed E-state index contributed by atoms with van der Waals surface area (Å²) in [6, 6.07) is 29.2. The Morgan fingerprint density at radius 3 is 2.31 bits per heavy atom. The molecule has 4 rings (SSSR count). The van der Waals surface area contributed by atoms with Crippen LogP contribution < -0.4 is 14.9 Å². The van der Waals surface area contributed by atoms with Gasteiger partial charge < -0.3 is 4.74 Å². The van der Waals surface area contributed by atoms with Crippen LogP contribution in [0.2, 0.25) is 5.02 Å². The van der Waals surface area contributed by atoms with Gasteiger partial charge in [-0.3, -0.25) is 4.79 Å². The maximum Gasteiger partial charge on any atom is 0.258 e. The van der Waals surface area contributed by atoms with E-state index in [1.54, 1.807) is 42.5 Å². The van der Waals surface area contributed by atoms with E-state index < -0.39 is 22.0 Å². The molecular formula is C30H28ClN3O4S. The van der Waals surface area contributed by atoms with Crippen molar-refractivity contribution in [1.82, 2.24) is 10.1 Å². The van der Waals surface area contributed by atoms with Crippen LogP contribution in [0.1, 0.15) is 22.3 Å². The van der Waals surface area contributed by atoms with Crippen molar-refractivity contribution < 1.29 is 17.9 Å². The van der Waals surface area contributed by atoms with Crippen LogP contribution in [0.3, 0.4) is 0 Å². The Balaban J connectivity index is 1.39. The number of ether oxygens (including phenoxy) is 1. The summed E-state index contributed by atoms with van der Waals surface area (Å²) in [5.74, 6) is 0.0943. The lowest BCUT2D eigenvalue weighted by atomic mass is 10.1. The summed E-state index contributed by atoms with van der Waals surface area (Å²) in [5.41, 5.74) is 5.89. The van der Waals surface area contributed by atoms with Crippen LogP contribution in [-0.2, 0) is 27.8 Å². The number of halogens is 1. The average Bonchev–Trinajstić information content (AvgIpc) is 2.93. The molecular weight excluding hydrogens is 534 g/mol. The van der Waals surface area contributed by atoms with Gasteiger partial charge in [-0.2, -0.15) is 9.82 Å². The van der Waals surface area contributed by atoms with Crippen LogP contribution >= 0.6 is 11.6 Å². The fraction of sp³-hybridized carbons (Fsp3) is 0.133. The molecule has 0 radical (unpaired) electrons. The van der Waals surface area contributed by atoms with Gasteiger partial charge in [0.15, 0.2) is 0 Å². The highest BCUT2D eigenvalue weighted by Gasteiger charge is 2.26. The minimum atomic E-state index is -3.94. The number of amides is 1. The summed E-state index contributed by atoms with van der Waals surface area (Å²) >= 11 is 6.01. The third kappa shape index (κ3) is 8.51. The predicted molar refractivity (Wildman–Crippen MR) is 153 cm³/mol. The molecule has 1 amide bonds. The standard InChI is InChI=1S/C30H28ClN3O4S/c1-22-10-16-28(17-11-22)39(36,37)34-29(19-23-6-3-2-4-7-23)30(35)33-32-20-24-12-14-27(15-13-24)38-21-25-8-5-9-26(31)18-25/h2-18,20,29,34H,19,21H2,1H3,(H,33,35)/b32-20-/t29-/m0/s1. The number of carbonyl (C=O) groups is 1. The molecule has 0 aromatic heterocycles. The van der Waals surface area contributed by atoms with Gasteiger partial charge in [0.1, 0.15) is 18.4 Å². The van der Waals surface area contributed by atoms with Gasteiger partial charge in [-0.25, -0.2) is 13.8 Å². The van der Waals surface area contributed by atoms with E-state index >= 15 is 0 Å². The van der Waals surface area contributed by atoms with E-state index in [1.165, 1.54) is 18.3 Å². The molecule has 0 aliphatic heterocycles. The highest BCUT2D eigenvalue weighted by atomic mass is 35.5. The molecule has 4 aromatic carbocycles. The van der Waals surface area contributed by atoms with Crippen molar-refractivity contribution in [2.45, 2.75) is 30.9 Å². The van der Waals surface area contributed by atoms with E-state index in [0.29, 0.717) is 17.4 Å². The number of aryl methyl sites for hydroxylation is 1. The second kappa shape index (κ2) is 13.2. The third-order valence-corrected chi connectivity index (χ3v) is 7.51. The molecule has 9 heteroatoms. The van der Waals surface area contributed by atoms with E-state index in [1.807, 2.05) is 55.5 Å². The largest absolute Gasteiger partial charge is 0.489 e. The fourth-order valence-electron chi connectivity index (χ4n) is 3.70. The molecule has 2 N–H and O–H groups in total. The van der Waals surface area contributed by atoms with Crippen molar-refractivity contribution in [3.8, 4) is 5.75 Å². The molecule has 4 aromatic rings. The lowest BCUT2D eigenvalue weighted by Gasteiger charge is -2.17. The highest BCUT2D eigenvalue weighted by Crippen LogP contribution is 2.16. The molecule has 7 nitrogen and oxygen atoms in total. The fourth-order valence-corrected chi connectivity index (χ4v) is 5.11. The van der Waals surface area contributed by atoms with Crippen molar-refractivity contribution in [2.24, 2.45) is 5.10 Å². The minimum Gasteiger partial charge on any atom is -0.489 e. The monoisotopic (exact) mass is 561 g/mol. The summed E-state index contributed by atoms with van der Waals surface area (Å²) in [5, 5.41) is 4.69. The first-order valence-corrected chi connectivity index (χ1v) is 14.1. The van der Waals surface area contributed by atoms with E-state index in [0.717, 1.165) is 22.3 Å². The van der Waals surface area contributed by atoms with Crippen LogP contribution in [0.15, 0.2) is 113 Å². The van der Waals surface area contributed by atoms with Crippen LogP contribution in [0, 0.1) is 6.92 Å². The summed E-state index contributed by atoms with van der Waals surface area (Å²) in [7, 11) is -3.94. The molecule has 0 aliphatic carbocycles. The number of hydrogen-bond donors (Lipinski definition) is 2. The molecule has 0 saturated heterocycles. The van der Waals surface area contributed by atoms with Gasteiger partial charge in [-0.1, -0.05) is 71.8 Å². The maximum atomic E-state index is 13.0. The zero-order valence-electron chi connectivity index (χ0n) is 21.3. The summed E-state index contributed by atoms with van der Waals surface area (Å²) < 4.78 is 34.3. The lowest BCUT2D eigenvalue weighted by Crippen LogP contribution is -2.46. The van der Waals surface area contributed by atoms with Crippen molar-refractivity contribution >= 4 is 33.7 Å². The predicted octanol–water partition coefficient (Wildman–Crippen LogP) is 5.27. The quantitative estimate of drug-likeness (QED) is 0.193. The Hall–Kier alpha value is -3.98. The second-order valence-corrected chi connectivity index (χ2v) is 11.0. The van der Waals surface area contributed by atoms with Gasteiger partial charge in [0.2, 0.25) is 10.0 Å². The van der Waals surface area contributed by atoms with Gasteiger partial charge >= 0.3 is 0 Å². The van der Waals surface area contributed by atoms with E-state index in [2.05, 4.69) is 15.2 Å². The van der Waals surface area contributed by atoms with Gasteiger partial charge in [0, 0.05) is 5.02 Å². The Kier molecular flexibility index (Phi) is 9.49. The molecule has 0 saturated carbocycles. The Morgan fingerprint density at radius 1 is 0.923 bits per heavy atom. The number of sulfonamides is 1. The van der Waals surface area contributed by atoms with Crippen LogP contribution in [0.5, 0.6) is 5.75 Å². The first-order chi connectivity index (χ1) is 18.8. The van der Waals surface area contributed by atoms with Crippen molar-refractivity contribution in [3.63, 3.8) is 0 Å². The minimum absolute atomic E-state index is 0.0835. The Morgan fingerprint density at radius 2 is 1.62 bits per heavy atom. The van der Waals surface area contributed by atoms with E-state index in [4.69, 9.17) is 16.3 Å². The summed E-state index contributed by atoms with van der Waals surface area (Å²) in [4.78, 5) is 13.1. The average molecular weight is 562 g/mol. The lowest BCUT2D eigenvalue weighted by molar-refractivity contribution is -0.122. The van der Waals surface area contributed by atoms with Gasteiger partial charge in [-0.05, 0) is 78.6 Å². The number of nitrogens with zero attached hydrogens (tertiary/aromatic N) is 1. The summed E-state index contributed by atoms with van der Waals surface area (Å²) in [6.45, 7) is 2.25. The first kappa shape index (κ1) is 28.0. The SMILES string of the molecule is Cc1ccc(S(=O)(=O)N[C@@H](Cc2ccccc2)C(=O)N/N=C\c2ccc(OCc3cccc(Cl)c3)cc2)cc1. The van der Waals surface area contributed by atoms with Gasteiger partial charge in [0.25, 0.3) is 5.91 Å². The number of benzene rings is 4. The molecule has 0 aliphatic rings. The topological polar surface area (TPSA) is 96.9 Å². The number of carbonyl (C=O) groups excluding carboxylic acids is 1. The first-order valence-electron chi connectivity index (χ1n) is 12.2. The smallest absolute Gasteiger partial charge is 0.258 e. The Labute approximate surface area is 233 Å². The number of nitrogens with one attached hydrogen (secondary N) is 2. The zero-order chi connectivity index (χ0) is 27.7. The molecule has 0 bridgehead atoms. The Bertz CT molecular complexity index is 1520. The van der Waals surface area contributed by atoms with Crippen molar-refractivity contribution in [3.05, 3.63) is 130 Å². The van der Waals surface area contributed by atoms with Crippen molar-refractivity contribution in [2.75, 3.05) is 0 Å². The van der Waals surface area contributed by atoms with Crippen LogP contribution in [0.25, 0.3) is 0 Å². The maximum absolute atomic E-state index is 13.0. The zero-order valence-corrected chi connectivity index (χ0v) is 22.8. The molecule has 0 unspecified atom stereocenters. The molecule has 0 heterocycles. The van der Waals surface area contributed by atoms with Crippen LogP contribution in [-0.4, -0.2) is 26.6 Å². The highest BCUT2D eigenvalue weighted by molar-refractivity contribution is 7.89. The van der Waals surface area contributed by atoms with E-state index in [9.17, 15) is 13.2 Å². The number of rotatable bonds is 11. The number of hydrazone groups is 1. The molecule has 39 heavy (non-hydrogen) atoms. The van der Waals surface area contributed by atoms with Crippen molar-refractivity contribution in [1.29, 1.82) is 0 Å². The third-order valence-electron chi connectivity index (χ3n) is 5.79. The normalized spacial score (nSPS) is 12.3. The second-order valence-electron chi connectivity index (χ2n) is 8.90.